The van der Waals surface area contributed by atoms with Crippen LogP contribution in [0.5, 0.6) is 0 Å². The van der Waals surface area contributed by atoms with Crippen LogP contribution in [-0.2, 0) is 9.59 Å². The van der Waals surface area contributed by atoms with Gasteiger partial charge in [0.05, 0.1) is 55.7 Å². The van der Waals surface area contributed by atoms with Crippen molar-refractivity contribution in [3.63, 3.8) is 0 Å². The van der Waals surface area contributed by atoms with E-state index in [4.69, 9.17) is 10.0 Å². The minimum Gasteiger partial charge on any atom is -0.423 e. The summed E-state index contributed by atoms with van der Waals surface area (Å²) in [5, 5.41) is 40.3. The molecule has 2 amide bonds. The molecule has 0 spiro atoms. The number of alkyl halides is 2. The molecule has 0 aliphatic heterocycles. The number of fused-ring (bicyclic) bond motifs is 4. The van der Waals surface area contributed by atoms with Crippen molar-refractivity contribution in [1.82, 2.24) is 30.4 Å². The van der Waals surface area contributed by atoms with Crippen molar-refractivity contribution >= 4 is 116 Å². The molecule has 56 heavy (non-hydrogen) atoms. The molecule has 2 fully saturated rings. The number of halogens is 3. The molecule has 4 aromatic carbocycles. The third kappa shape index (κ3) is 7.92. The highest BCUT2D eigenvalue weighted by Crippen LogP contribution is 2.38. The lowest BCUT2D eigenvalue weighted by molar-refractivity contribution is -0.118. The Labute approximate surface area is 334 Å². The summed E-state index contributed by atoms with van der Waals surface area (Å²) in [5.74, 6) is -1.54. The zero-order valence-electron chi connectivity index (χ0n) is 29.7. The van der Waals surface area contributed by atoms with Crippen molar-refractivity contribution in [2.24, 2.45) is 11.8 Å². The molecule has 12 nitrogen and oxygen atoms in total. The summed E-state index contributed by atoms with van der Waals surface area (Å²) in [6.45, 7) is 3.91. The molecule has 2 saturated carbocycles. The zero-order chi connectivity index (χ0) is 39.2. The predicted octanol–water partition coefficient (Wildman–Crippen LogP) is 7.35. The number of carbonyl (C=O) groups is 2. The Morgan fingerprint density at radius 2 is 1.29 bits per heavy atom. The van der Waals surface area contributed by atoms with Crippen LogP contribution >= 0.6 is 38.6 Å². The van der Waals surface area contributed by atoms with Crippen molar-refractivity contribution in [2.75, 3.05) is 10.6 Å². The lowest BCUT2D eigenvalue weighted by Crippen LogP contribution is -2.32. The van der Waals surface area contributed by atoms with Gasteiger partial charge in [-0.2, -0.15) is 10.2 Å². The summed E-state index contributed by atoms with van der Waals surface area (Å²) in [4.78, 5) is 32.2. The van der Waals surface area contributed by atoms with Crippen LogP contribution in [0.25, 0.3) is 53.4 Å². The van der Waals surface area contributed by atoms with Crippen LogP contribution in [0.15, 0.2) is 77.5 Å². The normalized spacial score (nSPS) is 18.3. The van der Waals surface area contributed by atoms with E-state index in [-0.39, 0.29) is 11.8 Å². The summed E-state index contributed by atoms with van der Waals surface area (Å²) in [5.41, 5.74) is 8.21. The van der Waals surface area contributed by atoms with Gasteiger partial charge in [0.15, 0.2) is 10.3 Å². The summed E-state index contributed by atoms with van der Waals surface area (Å²) >= 11 is 6.17. The highest BCUT2D eigenvalue weighted by Gasteiger charge is 2.44. The molecule has 2 unspecified atom stereocenters. The molecule has 6 N–H and O–H groups in total. The Hall–Kier alpha value is -5.14. The van der Waals surface area contributed by atoms with Crippen molar-refractivity contribution in [2.45, 2.75) is 39.0 Å². The fraction of sp³-hybridized carbons (Fsp3) is 0.211. The van der Waals surface area contributed by atoms with Crippen LogP contribution in [0, 0.1) is 25.7 Å². The highest BCUT2D eigenvalue weighted by molar-refractivity contribution is 9.10. The van der Waals surface area contributed by atoms with Gasteiger partial charge in [-0.1, -0.05) is 62.4 Å². The average Bonchev–Trinajstić information content (AvgIpc) is 3.69. The van der Waals surface area contributed by atoms with E-state index in [1.54, 1.807) is 6.20 Å². The quantitative estimate of drug-likeness (QED) is 0.0939. The SMILES string of the molecule is Cc1ccc2[nH]ncc2c1-c1ccc2nc(NC(=O)C3C[C@@H]3F)sc2c1.Cc1ccc2[nH]ncc2c1B(O)O.O=C(Nc1nc2ccc(Br)cc2s1)C1C[C@@H]1F. The Bertz CT molecular complexity index is 2770. The molecule has 4 aromatic heterocycles. The lowest BCUT2D eigenvalue weighted by atomic mass is 9.75. The third-order valence-corrected chi connectivity index (χ3v) is 11.9. The summed E-state index contributed by atoms with van der Waals surface area (Å²) in [7, 11) is -1.44. The molecule has 284 valence electrons. The number of thiazole rings is 2. The molecule has 0 radical (unpaired) electrons. The smallest absolute Gasteiger partial charge is 0.423 e. The summed E-state index contributed by atoms with van der Waals surface area (Å²) in [6.07, 6.45) is 2.10. The minimum absolute atomic E-state index is 0.268. The van der Waals surface area contributed by atoms with E-state index in [0.29, 0.717) is 28.6 Å². The maximum Gasteiger partial charge on any atom is 0.489 e. The zero-order valence-corrected chi connectivity index (χ0v) is 32.9. The number of aromatic amines is 2. The topological polar surface area (TPSA) is 182 Å². The van der Waals surface area contributed by atoms with Crippen LogP contribution in [-0.4, -0.2) is 71.7 Å². The van der Waals surface area contributed by atoms with Gasteiger partial charge in [0, 0.05) is 15.2 Å². The van der Waals surface area contributed by atoms with Crippen molar-refractivity contribution in [3.05, 3.63) is 88.7 Å². The van der Waals surface area contributed by atoms with Gasteiger partial charge in [-0.15, -0.1) is 0 Å². The number of benzene rings is 4. The number of carbonyl (C=O) groups excluding carboxylic acids is 2. The van der Waals surface area contributed by atoms with Gasteiger partial charge in [0.2, 0.25) is 11.8 Å². The van der Waals surface area contributed by atoms with Gasteiger partial charge in [-0.25, -0.2) is 18.7 Å². The first-order valence-corrected chi connectivity index (χ1v) is 19.9. The standard InChI is InChI=1S/C19H15FN4OS.C11H8BrFN2OS.C8H9BN2O2/c1-9-2-4-14-12(8-21-24-14)17(9)10-3-5-15-16(6-10)26-19(22-15)23-18(25)11-7-13(11)20;12-5-1-2-8-9(3-5)17-11(14-8)15-10(16)6-4-7(6)13;1-5-2-3-7-6(4-10-11-7)8(5)9(12)13/h2-6,8,11,13H,7H2,1H3,(H,21,24)(H,22,23,25);1-3,6-7H,4H2,(H,14,15,16);2-4,12-13H,1H3,(H,10,11)/t11?,13-;6?,7-;/m00./s1. The van der Waals surface area contributed by atoms with Gasteiger partial charge < -0.3 is 20.7 Å². The number of aromatic nitrogens is 6. The van der Waals surface area contributed by atoms with Crippen molar-refractivity contribution < 1.29 is 28.4 Å². The summed E-state index contributed by atoms with van der Waals surface area (Å²) < 4.78 is 28.7. The number of H-pyrrole nitrogens is 2. The predicted molar refractivity (Wildman–Crippen MR) is 221 cm³/mol. The maximum absolute atomic E-state index is 13.0. The molecule has 18 heteroatoms. The second kappa shape index (κ2) is 15.4. The number of hydrogen-bond acceptors (Lipinski definition) is 10. The largest absolute Gasteiger partial charge is 0.489 e. The third-order valence-electron chi connectivity index (χ3n) is 9.56. The van der Waals surface area contributed by atoms with E-state index < -0.39 is 31.3 Å². The van der Waals surface area contributed by atoms with Crippen LogP contribution in [0.1, 0.15) is 24.0 Å². The fourth-order valence-electron chi connectivity index (χ4n) is 6.35. The van der Waals surface area contributed by atoms with Gasteiger partial charge >= 0.3 is 7.12 Å². The Morgan fingerprint density at radius 3 is 1.86 bits per heavy atom. The van der Waals surface area contributed by atoms with E-state index >= 15 is 0 Å². The van der Waals surface area contributed by atoms with E-state index in [9.17, 15) is 18.4 Å². The van der Waals surface area contributed by atoms with Crippen molar-refractivity contribution in [1.29, 1.82) is 0 Å². The Kier molecular flexibility index (Phi) is 10.4. The van der Waals surface area contributed by atoms with Gasteiger partial charge in [-0.05, 0) is 91.3 Å². The number of amides is 2. The van der Waals surface area contributed by atoms with E-state index in [2.05, 4.69) is 76.0 Å². The average molecular weight is 858 g/mol. The molecular weight excluding hydrogens is 825 g/mol. The maximum atomic E-state index is 13.0. The number of hydrogen-bond donors (Lipinski definition) is 6. The highest BCUT2D eigenvalue weighted by atomic mass is 79.9. The monoisotopic (exact) mass is 856 g/mol. The molecule has 2 aliphatic rings. The molecule has 0 saturated heterocycles. The first-order chi connectivity index (χ1) is 26.9. The number of aryl methyl sites for hydroxylation is 2. The second-order valence-corrected chi connectivity index (χ2v) is 16.6. The van der Waals surface area contributed by atoms with Gasteiger partial charge in [0.25, 0.3) is 0 Å². The fourth-order valence-corrected chi connectivity index (χ4v) is 8.68. The first-order valence-electron chi connectivity index (χ1n) is 17.5. The molecule has 2 aliphatic carbocycles. The lowest BCUT2D eigenvalue weighted by Gasteiger charge is -2.07. The van der Waals surface area contributed by atoms with Crippen LogP contribution in [0.4, 0.5) is 19.0 Å². The first kappa shape index (κ1) is 37.8. The molecule has 8 aromatic rings. The Morgan fingerprint density at radius 1 is 0.768 bits per heavy atom. The number of nitrogens with one attached hydrogen (secondary N) is 4. The van der Waals surface area contributed by atoms with Gasteiger partial charge in [-0.3, -0.25) is 19.8 Å². The second-order valence-electron chi connectivity index (χ2n) is 13.6. The van der Waals surface area contributed by atoms with Crippen molar-refractivity contribution in [3.8, 4) is 11.1 Å². The molecule has 4 heterocycles. The number of rotatable bonds is 6. The molecular formula is C38H32BBrF2N8O4S2. The van der Waals surface area contributed by atoms with Crippen LogP contribution < -0.4 is 16.1 Å². The van der Waals surface area contributed by atoms with E-state index in [1.165, 1.54) is 28.2 Å². The minimum atomic E-state index is -1.44. The molecule has 0 bridgehead atoms. The van der Waals surface area contributed by atoms with E-state index in [0.717, 1.165) is 63.4 Å². The molecule has 10 rings (SSSR count). The van der Waals surface area contributed by atoms with Gasteiger partial charge in [0.1, 0.15) is 12.3 Å². The van der Waals surface area contributed by atoms with Crippen LogP contribution in [0.3, 0.4) is 0 Å². The molecule has 4 atom stereocenters. The summed E-state index contributed by atoms with van der Waals surface area (Å²) in [6, 6.07) is 19.6. The Balaban J connectivity index is 0.000000127. The number of nitrogens with zero attached hydrogens (tertiary/aromatic N) is 4. The van der Waals surface area contributed by atoms with E-state index in [1.807, 2.05) is 61.7 Å². The van der Waals surface area contributed by atoms with Crippen LogP contribution in [0.2, 0.25) is 0 Å². The number of anilines is 2.